The van der Waals surface area contributed by atoms with Gasteiger partial charge in [0.15, 0.2) is 0 Å². The van der Waals surface area contributed by atoms with Crippen molar-refractivity contribution in [3.05, 3.63) is 64.7 Å². The molecule has 1 aliphatic heterocycles. The fourth-order valence-electron chi connectivity index (χ4n) is 3.78. The number of likely N-dealkylation sites (N-methyl/N-ethyl adjacent to an activating group) is 1. The van der Waals surface area contributed by atoms with Crippen LogP contribution in [-0.2, 0) is 5.41 Å². The highest BCUT2D eigenvalue weighted by atomic mass is 79.9. The predicted octanol–water partition coefficient (Wildman–Crippen LogP) is 1.24. The van der Waals surface area contributed by atoms with E-state index >= 15 is 0 Å². The van der Waals surface area contributed by atoms with E-state index in [4.69, 9.17) is 16.3 Å². The fourth-order valence-corrected chi connectivity index (χ4v) is 3.90. The van der Waals surface area contributed by atoms with E-state index in [1.165, 1.54) is 0 Å². The molecule has 0 bridgehead atoms. The molecule has 148 valence electrons. The Bertz CT molecular complexity index is 869. The molecule has 0 unspecified atom stereocenters. The first kappa shape index (κ1) is 22.4. The second kappa shape index (κ2) is 9.09. The number of carbonyl (C=O) groups is 1. The Morgan fingerprint density at radius 2 is 1.86 bits per heavy atom. The molecule has 2 aromatic carbocycles. The molecular formula is C22H24BrClN2O2. The minimum absolute atomic E-state index is 0. The minimum atomic E-state index is -0.518. The summed E-state index contributed by atoms with van der Waals surface area (Å²) in [6.07, 6.45) is 1.45. The number of likely N-dealkylation sites (tertiary alicyclic amines) is 1. The SMILES string of the molecule is COc1cccc(C2(C#N)CC[N+](C)(CC(=O)c3ccc(Cl)cc3)CC2)c1.[Br-]. The van der Waals surface area contributed by atoms with Crippen molar-refractivity contribution in [2.45, 2.75) is 18.3 Å². The van der Waals surface area contributed by atoms with Crippen LogP contribution in [0.3, 0.4) is 0 Å². The maximum Gasteiger partial charge on any atom is 0.216 e. The van der Waals surface area contributed by atoms with Crippen molar-refractivity contribution < 1.29 is 31.0 Å². The lowest BCUT2D eigenvalue weighted by Gasteiger charge is -2.43. The van der Waals surface area contributed by atoms with E-state index in [0.717, 1.165) is 37.2 Å². The zero-order valence-corrected chi connectivity index (χ0v) is 18.5. The molecule has 0 atom stereocenters. The summed E-state index contributed by atoms with van der Waals surface area (Å²) in [6, 6.07) is 17.4. The standard InChI is InChI=1S/C22H24ClN2O2.BrH/c1-25(15-21(26)17-6-8-19(23)9-7-17)12-10-22(16-24,11-13-25)18-4-3-5-20(14-18)27-2;/h3-9,14H,10-13,15H2,1-2H3;1H/q+1;/p-1. The summed E-state index contributed by atoms with van der Waals surface area (Å²) in [6.45, 7) is 2.00. The van der Waals surface area contributed by atoms with Crippen molar-refractivity contribution in [1.82, 2.24) is 0 Å². The number of methoxy groups -OCH3 is 1. The number of hydrogen-bond donors (Lipinski definition) is 0. The summed E-state index contributed by atoms with van der Waals surface area (Å²) in [4.78, 5) is 12.7. The largest absolute Gasteiger partial charge is 1.00 e. The first-order valence-electron chi connectivity index (χ1n) is 9.08. The maximum atomic E-state index is 12.7. The van der Waals surface area contributed by atoms with Gasteiger partial charge >= 0.3 is 0 Å². The molecule has 0 aromatic heterocycles. The van der Waals surface area contributed by atoms with Gasteiger partial charge in [0.05, 0.1) is 38.7 Å². The Hall–Kier alpha value is -1.87. The number of ketones is 1. The zero-order valence-electron chi connectivity index (χ0n) is 16.1. The van der Waals surface area contributed by atoms with Gasteiger partial charge < -0.3 is 26.2 Å². The Balaban J connectivity index is 0.00000280. The van der Waals surface area contributed by atoms with Crippen molar-refractivity contribution in [2.75, 3.05) is 33.8 Å². The number of nitriles is 1. The molecule has 4 nitrogen and oxygen atoms in total. The molecule has 28 heavy (non-hydrogen) atoms. The lowest BCUT2D eigenvalue weighted by atomic mass is 9.73. The third kappa shape index (κ3) is 4.75. The average molecular weight is 464 g/mol. The number of nitrogens with zero attached hydrogens (tertiary/aromatic N) is 2. The van der Waals surface area contributed by atoms with E-state index in [-0.39, 0.29) is 22.8 Å². The summed E-state index contributed by atoms with van der Waals surface area (Å²) in [5.74, 6) is 0.878. The van der Waals surface area contributed by atoms with Crippen LogP contribution in [0.2, 0.25) is 5.02 Å². The average Bonchev–Trinajstić information content (AvgIpc) is 2.69. The fraction of sp³-hybridized carbons (Fsp3) is 0.364. The number of ether oxygens (including phenoxy) is 1. The van der Waals surface area contributed by atoms with Gasteiger partial charge in [-0.15, -0.1) is 0 Å². The minimum Gasteiger partial charge on any atom is -1.00 e. The van der Waals surface area contributed by atoms with E-state index in [2.05, 4.69) is 13.1 Å². The summed E-state index contributed by atoms with van der Waals surface area (Å²) < 4.78 is 5.97. The van der Waals surface area contributed by atoms with Crippen LogP contribution in [0.25, 0.3) is 0 Å². The van der Waals surface area contributed by atoms with Gasteiger partial charge in [0.1, 0.15) is 12.3 Å². The number of Topliss-reactive ketones (excluding diaryl/α,β-unsaturated/α-hetero) is 1. The van der Waals surface area contributed by atoms with Gasteiger partial charge in [0.25, 0.3) is 0 Å². The van der Waals surface area contributed by atoms with Gasteiger partial charge in [-0.3, -0.25) is 4.79 Å². The van der Waals surface area contributed by atoms with Gasteiger partial charge in [-0.1, -0.05) is 23.7 Å². The number of quaternary nitrogens is 1. The summed E-state index contributed by atoms with van der Waals surface area (Å²) in [5.41, 5.74) is 1.17. The predicted molar refractivity (Wildman–Crippen MR) is 106 cm³/mol. The van der Waals surface area contributed by atoms with E-state index in [9.17, 15) is 10.1 Å². The summed E-state index contributed by atoms with van der Waals surface area (Å²) in [5, 5.41) is 10.6. The molecule has 6 heteroatoms. The van der Waals surface area contributed by atoms with Gasteiger partial charge in [-0.05, 0) is 42.0 Å². The van der Waals surface area contributed by atoms with Crippen LogP contribution in [0.15, 0.2) is 48.5 Å². The van der Waals surface area contributed by atoms with Crippen LogP contribution >= 0.6 is 11.6 Å². The Labute approximate surface area is 182 Å². The van der Waals surface area contributed by atoms with Crippen molar-refractivity contribution in [1.29, 1.82) is 5.26 Å². The van der Waals surface area contributed by atoms with Gasteiger partial charge in [0, 0.05) is 23.4 Å². The molecule has 3 rings (SSSR count). The molecule has 0 aliphatic carbocycles. The molecule has 1 fully saturated rings. The van der Waals surface area contributed by atoms with Crippen molar-refractivity contribution >= 4 is 17.4 Å². The quantitative estimate of drug-likeness (QED) is 0.495. The molecule has 1 heterocycles. The van der Waals surface area contributed by atoms with Crippen LogP contribution < -0.4 is 21.7 Å². The monoisotopic (exact) mass is 462 g/mol. The first-order chi connectivity index (χ1) is 12.9. The van der Waals surface area contributed by atoms with Gasteiger partial charge in [-0.25, -0.2) is 0 Å². The summed E-state index contributed by atoms with van der Waals surface area (Å²) >= 11 is 5.91. The van der Waals surface area contributed by atoms with E-state index in [0.29, 0.717) is 21.6 Å². The Morgan fingerprint density at radius 1 is 1.21 bits per heavy atom. The van der Waals surface area contributed by atoms with Crippen molar-refractivity contribution in [2.24, 2.45) is 0 Å². The summed E-state index contributed by atoms with van der Waals surface area (Å²) in [7, 11) is 3.73. The molecular weight excluding hydrogens is 440 g/mol. The lowest BCUT2D eigenvalue weighted by Crippen LogP contribution is -3.00. The number of halogens is 2. The van der Waals surface area contributed by atoms with Crippen LogP contribution in [0.5, 0.6) is 5.75 Å². The second-order valence-corrected chi connectivity index (χ2v) is 8.02. The highest BCUT2D eigenvalue weighted by Gasteiger charge is 2.43. The normalized spacial score (nSPS) is 23.9. The number of carbonyl (C=O) groups excluding carboxylic acids is 1. The molecule has 1 aliphatic rings. The van der Waals surface area contributed by atoms with Crippen molar-refractivity contribution in [3.63, 3.8) is 0 Å². The number of benzene rings is 2. The van der Waals surface area contributed by atoms with E-state index < -0.39 is 5.41 Å². The zero-order chi connectivity index (χ0) is 19.5. The van der Waals surface area contributed by atoms with Gasteiger partial charge in [-0.2, -0.15) is 5.26 Å². The molecule has 0 amide bonds. The maximum absolute atomic E-state index is 12.7. The molecule has 2 aromatic rings. The van der Waals surface area contributed by atoms with Crippen LogP contribution in [-0.4, -0.2) is 44.1 Å². The smallest absolute Gasteiger partial charge is 0.216 e. The number of rotatable bonds is 5. The Kier molecular flexibility index (Phi) is 7.28. The molecule has 1 saturated heterocycles. The first-order valence-corrected chi connectivity index (χ1v) is 9.46. The topological polar surface area (TPSA) is 50.1 Å². The third-order valence-electron chi connectivity index (χ3n) is 5.68. The molecule has 0 radical (unpaired) electrons. The third-order valence-corrected chi connectivity index (χ3v) is 5.94. The van der Waals surface area contributed by atoms with Crippen LogP contribution in [0, 0.1) is 11.3 Å². The van der Waals surface area contributed by atoms with Gasteiger partial charge in [0.2, 0.25) is 5.78 Å². The Morgan fingerprint density at radius 3 is 2.43 bits per heavy atom. The second-order valence-electron chi connectivity index (χ2n) is 7.58. The number of hydrogen-bond acceptors (Lipinski definition) is 3. The lowest BCUT2D eigenvalue weighted by molar-refractivity contribution is -0.907. The molecule has 0 N–H and O–H groups in total. The highest BCUT2D eigenvalue weighted by Crippen LogP contribution is 2.38. The highest BCUT2D eigenvalue weighted by molar-refractivity contribution is 6.30. The molecule has 0 spiro atoms. The number of piperidine rings is 1. The van der Waals surface area contributed by atoms with E-state index in [1.807, 2.05) is 24.3 Å². The molecule has 0 saturated carbocycles. The van der Waals surface area contributed by atoms with E-state index in [1.54, 1.807) is 31.4 Å². The van der Waals surface area contributed by atoms with Crippen LogP contribution in [0.1, 0.15) is 28.8 Å². The van der Waals surface area contributed by atoms with Crippen molar-refractivity contribution in [3.8, 4) is 11.8 Å². The van der Waals surface area contributed by atoms with Crippen LogP contribution in [0.4, 0.5) is 0 Å².